The van der Waals surface area contributed by atoms with Gasteiger partial charge in [-0.25, -0.2) is 12.7 Å². The van der Waals surface area contributed by atoms with Gasteiger partial charge in [0.15, 0.2) is 0 Å². The van der Waals surface area contributed by atoms with Crippen LogP contribution in [0.2, 0.25) is 0 Å². The van der Waals surface area contributed by atoms with Gasteiger partial charge in [-0.15, -0.1) is 0 Å². The molecule has 2 aliphatic heterocycles. The van der Waals surface area contributed by atoms with Gasteiger partial charge in [-0.05, 0) is 12.1 Å². The fourth-order valence-corrected chi connectivity index (χ4v) is 3.87. The van der Waals surface area contributed by atoms with Crippen LogP contribution in [0.4, 0.5) is 0 Å². The summed E-state index contributed by atoms with van der Waals surface area (Å²) in [4.78, 5) is 20.9. The Morgan fingerprint density at radius 3 is 2.48 bits per heavy atom. The number of hydrogen-bond donors (Lipinski definition) is 0. The van der Waals surface area contributed by atoms with Crippen LogP contribution in [-0.2, 0) is 21.4 Å². The number of carbonyl (C=O) groups is 1. The van der Waals surface area contributed by atoms with Crippen molar-refractivity contribution < 1.29 is 13.2 Å². The van der Waals surface area contributed by atoms with E-state index in [-0.39, 0.29) is 11.8 Å². The summed E-state index contributed by atoms with van der Waals surface area (Å²) in [6.45, 7) is 4.49. The Hall–Kier alpha value is -1.51. The van der Waals surface area contributed by atoms with E-state index < -0.39 is 10.0 Å². The molecule has 2 saturated heterocycles. The lowest BCUT2D eigenvalue weighted by atomic mass is 10.0. The summed E-state index contributed by atoms with van der Waals surface area (Å²) < 4.78 is 24.1. The second-order valence-electron chi connectivity index (χ2n) is 6.20. The van der Waals surface area contributed by atoms with E-state index in [4.69, 9.17) is 0 Å². The van der Waals surface area contributed by atoms with Crippen LogP contribution in [0.5, 0.6) is 0 Å². The largest absolute Gasteiger partial charge is 0.340 e. The highest BCUT2D eigenvalue weighted by atomic mass is 32.2. The molecule has 0 atom stereocenters. The number of piperazine rings is 1. The van der Waals surface area contributed by atoms with Gasteiger partial charge in [0, 0.05) is 52.0 Å². The minimum atomic E-state index is -3.16. The molecule has 0 bridgehead atoms. The Morgan fingerprint density at radius 1 is 1.22 bits per heavy atom. The zero-order valence-corrected chi connectivity index (χ0v) is 14.1. The highest BCUT2D eigenvalue weighted by molar-refractivity contribution is 7.88. The Kier molecular flexibility index (Phi) is 4.65. The number of nitrogens with zero attached hydrogens (tertiary/aromatic N) is 4. The molecule has 23 heavy (non-hydrogen) atoms. The van der Waals surface area contributed by atoms with Crippen molar-refractivity contribution in [1.29, 1.82) is 0 Å². The Labute approximate surface area is 136 Å². The first-order valence-corrected chi connectivity index (χ1v) is 9.64. The SMILES string of the molecule is CS(=O)(=O)N1CC(C(=O)N2CCN(Cc3ccccn3)CC2)C1. The molecular weight excluding hydrogens is 316 g/mol. The van der Waals surface area contributed by atoms with Crippen LogP contribution in [0.25, 0.3) is 0 Å². The lowest BCUT2D eigenvalue weighted by Crippen LogP contribution is -2.58. The highest BCUT2D eigenvalue weighted by Gasteiger charge is 2.40. The summed E-state index contributed by atoms with van der Waals surface area (Å²) in [6.07, 6.45) is 2.98. The summed E-state index contributed by atoms with van der Waals surface area (Å²) in [7, 11) is -3.16. The van der Waals surface area contributed by atoms with Crippen molar-refractivity contribution in [3.05, 3.63) is 30.1 Å². The maximum Gasteiger partial charge on any atom is 0.228 e. The van der Waals surface area contributed by atoms with Gasteiger partial charge in [-0.1, -0.05) is 6.07 Å². The van der Waals surface area contributed by atoms with E-state index in [0.717, 1.165) is 25.3 Å². The van der Waals surface area contributed by atoms with E-state index in [2.05, 4.69) is 9.88 Å². The number of sulfonamides is 1. The van der Waals surface area contributed by atoms with Crippen molar-refractivity contribution in [2.75, 3.05) is 45.5 Å². The molecule has 2 fully saturated rings. The number of pyridine rings is 1. The van der Waals surface area contributed by atoms with Gasteiger partial charge in [0.2, 0.25) is 15.9 Å². The second-order valence-corrected chi connectivity index (χ2v) is 8.18. The molecule has 0 radical (unpaired) electrons. The maximum atomic E-state index is 12.4. The third kappa shape index (κ3) is 3.88. The standard InChI is InChI=1S/C15H22N4O3S/c1-23(21,22)19-10-13(11-19)15(20)18-8-6-17(7-9-18)12-14-4-2-3-5-16-14/h2-5,13H,6-12H2,1H3. The number of amides is 1. The third-order valence-electron chi connectivity index (χ3n) is 4.46. The highest BCUT2D eigenvalue weighted by Crippen LogP contribution is 2.21. The number of aromatic nitrogens is 1. The van der Waals surface area contributed by atoms with E-state index in [0.29, 0.717) is 26.2 Å². The van der Waals surface area contributed by atoms with Gasteiger partial charge in [0.05, 0.1) is 17.9 Å². The van der Waals surface area contributed by atoms with Crippen molar-refractivity contribution >= 4 is 15.9 Å². The molecule has 0 aliphatic carbocycles. The Bertz CT molecular complexity index is 651. The monoisotopic (exact) mass is 338 g/mol. The predicted octanol–water partition coefficient (Wildman–Crippen LogP) is -0.383. The predicted molar refractivity (Wildman–Crippen MR) is 86.0 cm³/mol. The van der Waals surface area contributed by atoms with Crippen LogP contribution >= 0.6 is 0 Å². The van der Waals surface area contributed by atoms with Crippen LogP contribution in [0.3, 0.4) is 0 Å². The smallest absolute Gasteiger partial charge is 0.228 e. The Balaban J connectivity index is 1.45. The van der Waals surface area contributed by atoms with Gasteiger partial charge in [-0.2, -0.15) is 0 Å². The van der Waals surface area contributed by atoms with E-state index in [9.17, 15) is 13.2 Å². The van der Waals surface area contributed by atoms with Gasteiger partial charge < -0.3 is 4.90 Å². The first kappa shape index (κ1) is 16.4. The normalized spacial score (nSPS) is 21.2. The lowest BCUT2D eigenvalue weighted by Gasteiger charge is -2.41. The van der Waals surface area contributed by atoms with Crippen molar-refractivity contribution in [3.8, 4) is 0 Å². The minimum Gasteiger partial charge on any atom is -0.340 e. The van der Waals surface area contributed by atoms with Crippen LogP contribution in [0.1, 0.15) is 5.69 Å². The molecule has 0 spiro atoms. The van der Waals surface area contributed by atoms with Gasteiger partial charge in [-0.3, -0.25) is 14.7 Å². The molecule has 1 amide bonds. The summed E-state index contributed by atoms with van der Waals surface area (Å²) in [5.74, 6) is -0.0885. The summed E-state index contributed by atoms with van der Waals surface area (Å²) in [5.41, 5.74) is 1.04. The molecule has 3 heterocycles. The molecule has 8 heteroatoms. The number of rotatable bonds is 4. The molecular formula is C15H22N4O3S. The molecule has 0 unspecified atom stereocenters. The maximum absolute atomic E-state index is 12.4. The van der Waals surface area contributed by atoms with Crippen LogP contribution in [-0.4, -0.2) is 78.9 Å². The quantitative estimate of drug-likeness (QED) is 0.748. The topological polar surface area (TPSA) is 73.8 Å². The molecule has 0 aromatic carbocycles. The van der Waals surface area contributed by atoms with Crippen LogP contribution < -0.4 is 0 Å². The number of hydrogen-bond acceptors (Lipinski definition) is 5. The zero-order valence-electron chi connectivity index (χ0n) is 13.3. The summed E-state index contributed by atoms with van der Waals surface area (Å²) >= 11 is 0. The average molecular weight is 338 g/mol. The van der Waals surface area contributed by atoms with E-state index in [1.165, 1.54) is 10.6 Å². The van der Waals surface area contributed by atoms with Crippen LogP contribution in [0, 0.1) is 5.92 Å². The zero-order chi connectivity index (χ0) is 16.4. The van der Waals surface area contributed by atoms with Crippen LogP contribution in [0.15, 0.2) is 24.4 Å². The van der Waals surface area contributed by atoms with Crippen molar-refractivity contribution in [2.45, 2.75) is 6.54 Å². The van der Waals surface area contributed by atoms with Gasteiger partial charge in [0.25, 0.3) is 0 Å². The average Bonchev–Trinajstić information content (AvgIpc) is 2.46. The van der Waals surface area contributed by atoms with E-state index in [1.807, 2.05) is 23.1 Å². The summed E-state index contributed by atoms with van der Waals surface area (Å²) in [5, 5.41) is 0. The fraction of sp³-hybridized carbons (Fsp3) is 0.600. The van der Waals surface area contributed by atoms with Gasteiger partial charge in [0.1, 0.15) is 0 Å². The number of carbonyl (C=O) groups excluding carboxylic acids is 1. The second kappa shape index (κ2) is 6.54. The summed E-state index contributed by atoms with van der Waals surface area (Å²) in [6, 6.07) is 5.89. The molecule has 126 valence electrons. The molecule has 2 aliphatic rings. The van der Waals surface area contributed by atoms with Crippen molar-refractivity contribution in [1.82, 2.24) is 19.1 Å². The first-order valence-electron chi connectivity index (χ1n) is 7.79. The van der Waals surface area contributed by atoms with Crippen molar-refractivity contribution in [2.24, 2.45) is 5.92 Å². The third-order valence-corrected chi connectivity index (χ3v) is 5.70. The fourth-order valence-electron chi connectivity index (χ4n) is 2.97. The molecule has 0 saturated carbocycles. The van der Waals surface area contributed by atoms with Gasteiger partial charge >= 0.3 is 0 Å². The molecule has 1 aromatic rings. The first-order chi connectivity index (χ1) is 10.9. The minimum absolute atomic E-state index is 0.0855. The van der Waals surface area contributed by atoms with E-state index >= 15 is 0 Å². The molecule has 7 nitrogen and oxygen atoms in total. The Morgan fingerprint density at radius 2 is 1.91 bits per heavy atom. The van der Waals surface area contributed by atoms with Crippen molar-refractivity contribution in [3.63, 3.8) is 0 Å². The molecule has 1 aromatic heterocycles. The lowest BCUT2D eigenvalue weighted by molar-refractivity contribution is -0.140. The molecule has 0 N–H and O–H groups in total. The van der Waals surface area contributed by atoms with E-state index in [1.54, 1.807) is 6.20 Å². The molecule has 3 rings (SSSR count).